The van der Waals surface area contributed by atoms with Crippen LogP contribution in [0.15, 0.2) is 53.8 Å². The Bertz CT molecular complexity index is 1070. The predicted octanol–water partition coefficient (Wildman–Crippen LogP) is 5.16. The van der Waals surface area contributed by atoms with Crippen molar-refractivity contribution in [1.29, 1.82) is 0 Å². The topological polar surface area (TPSA) is 42.1 Å². The van der Waals surface area contributed by atoms with Crippen LogP contribution in [-0.4, -0.2) is 4.98 Å². The number of aromatic nitrogens is 1. The highest BCUT2D eigenvalue weighted by Gasteiger charge is 2.16. The number of aryl methyl sites for hydroxylation is 2. The van der Waals surface area contributed by atoms with Crippen LogP contribution in [0.3, 0.4) is 0 Å². The summed E-state index contributed by atoms with van der Waals surface area (Å²) in [5.74, 6) is -1.01. The fourth-order valence-electron chi connectivity index (χ4n) is 2.86. The number of hydrogen-bond acceptors (Lipinski definition) is 2. The zero-order chi connectivity index (χ0) is 19.6. The summed E-state index contributed by atoms with van der Waals surface area (Å²) in [7, 11) is 0. The summed E-state index contributed by atoms with van der Waals surface area (Å²) in [6, 6.07) is 10.7. The van der Waals surface area contributed by atoms with E-state index in [1.165, 1.54) is 12.1 Å². The van der Waals surface area contributed by atoms with Crippen molar-refractivity contribution in [3.8, 4) is 16.9 Å². The number of rotatable bonds is 5. The lowest BCUT2D eigenvalue weighted by molar-refractivity contribution is 0.300. The Labute approximate surface area is 156 Å². The van der Waals surface area contributed by atoms with E-state index in [4.69, 9.17) is 4.74 Å². The van der Waals surface area contributed by atoms with Crippen LogP contribution in [0.2, 0.25) is 0 Å². The van der Waals surface area contributed by atoms with Crippen molar-refractivity contribution in [3.05, 3.63) is 93.4 Å². The van der Waals surface area contributed by atoms with Crippen LogP contribution in [0.4, 0.5) is 8.78 Å². The van der Waals surface area contributed by atoms with Gasteiger partial charge in [-0.15, -0.1) is 0 Å². The number of aromatic amines is 1. The van der Waals surface area contributed by atoms with Crippen LogP contribution in [0.25, 0.3) is 17.2 Å². The summed E-state index contributed by atoms with van der Waals surface area (Å²) >= 11 is 0. The number of nitrogens with one attached hydrogen (secondary N) is 1. The molecule has 1 N–H and O–H groups in total. The molecule has 0 aliphatic carbocycles. The molecule has 0 saturated carbocycles. The molecule has 0 saturated heterocycles. The molecule has 0 bridgehead atoms. The van der Waals surface area contributed by atoms with Crippen LogP contribution in [0.5, 0.6) is 5.75 Å². The van der Waals surface area contributed by atoms with E-state index in [1.807, 2.05) is 25.1 Å². The summed E-state index contributed by atoms with van der Waals surface area (Å²) in [6.45, 7) is 7.27. The summed E-state index contributed by atoms with van der Waals surface area (Å²) in [4.78, 5) is 15.4. The van der Waals surface area contributed by atoms with Gasteiger partial charge in [-0.25, -0.2) is 8.78 Å². The Kier molecular flexibility index (Phi) is 5.21. The molecule has 0 aliphatic heterocycles. The van der Waals surface area contributed by atoms with Gasteiger partial charge >= 0.3 is 0 Å². The average Bonchev–Trinajstić information content (AvgIpc) is 2.61. The number of ether oxygens (including phenoxy) is 1. The van der Waals surface area contributed by atoms with E-state index < -0.39 is 11.6 Å². The molecule has 3 aromatic rings. The van der Waals surface area contributed by atoms with E-state index in [-0.39, 0.29) is 17.7 Å². The smallest absolute Gasteiger partial charge is 0.259 e. The van der Waals surface area contributed by atoms with Crippen molar-refractivity contribution in [2.75, 3.05) is 0 Å². The molecule has 0 amide bonds. The molecule has 3 rings (SSSR count). The molecule has 1 aromatic heterocycles. The first-order valence-electron chi connectivity index (χ1n) is 8.43. The van der Waals surface area contributed by atoms with Gasteiger partial charge in [-0.3, -0.25) is 4.79 Å². The van der Waals surface area contributed by atoms with E-state index in [2.05, 4.69) is 11.6 Å². The van der Waals surface area contributed by atoms with Gasteiger partial charge in [-0.2, -0.15) is 0 Å². The first kappa shape index (κ1) is 18.6. The molecule has 0 fully saturated rings. The van der Waals surface area contributed by atoms with Crippen LogP contribution in [0, 0.1) is 25.5 Å². The second-order valence-corrected chi connectivity index (χ2v) is 6.32. The van der Waals surface area contributed by atoms with Gasteiger partial charge in [-0.05, 0) is 48.7 Å². The van der Waals surface area contributed by atoms with E-state index in [9.17, 15) is 13.6 Å². The lowest BCUT2D eigenvalue weighted by Gasteiger charge is -2.14. The van der Waals surface area contributed by atoms with E-state index in [1.54, 1.807) is 19.1 Å². The lowest BCUT2D eigenvalue weighted by atomic mass is 9.98. The fraction of sp³-hybridized carbons (Fsp3) is 0.136. The molecule has 0 spiro atoms. The molecule has 1 heterocycles. The maximum absolute atomic E-state index is 13.9. The average molecular weight is 367 g/mol. The second-order valence-electron chi connectivity index (χ2n) is 6.32. The zero-order valence-electron chi connectivity index (χ0n) is 15.1. The Morgan fingerprint density at radius 2 is 1.89 bits per heavy atom. The van der Waals surface area contributed by atoms with Gasteiger partial charge in [0.05, 0.1) is 5.56 Å². The van der Waals surface area contributed by atoms with Crippen LogP contribution in [0.1, 0.15) is 22.4 Å². The number of benzene rings is 2. The molecule has 0 radical (unpaired) electrons. The molecule has 2 aromatic carbocycles. The van der Waals surface area contributed by atoms with Gasteiger partial charge in [0.2, 0.25) is 0 Å². The SMILES string of the molecule is C=Cc1ccc(C)c(-c2c(OCc3ccc(F)cc3F)cc(C)[nH]c2=O)c1. The third-order valence-electron chi connectivity index (χ3n) is 4.30. The quantitative estimate of drug-likeness (QED) is 0.677. The summed E-state index contributed by atoms with van der Waals surface area (Å²) < 4.78 is 32.8. The van der Waals surface area contributed by atoms with Crippen molar-refractivity contribution in [1.82, 2.24) is 4.98 Å². The molecule has 27 heavy (non-hydrogen) atoms. The van der Waals surface area contributed by atoms with Gasteiger partial charge in [0.25, 0.3) is 5.56 Å². The minimum absolute atomic E-state index is 0.123. The molecule has 5 heteroatoms. The maximum atomic E-state index is 13.9. The van der Waals surface area contributed by atoms with Gasteiger partial charge in [0, 0.05) is 23.4 Å². The molecule has 3 nitrogen and oxygen atoms in total. The third-order valence-corrected chi connectivity index (χ3v) is 4.30. The molecular weight excluding hydrogens is 348 g/mol. The van der Waals surface area contributed by atoms with Crippen molar-refractivity contribution < 1.29 is 13.5 Å². The highest BCUT2D eigenvalue weighted by atomic mass is 19.1. The summed E-state index contributed by atoms with van der Waals surface area (Å²) in [5.41, 5.74) is 3.37. The first-order chi connectivity index (χ1) is 12.9. The van der Waals surface area contributed by atoms with Crippen molar-refractivity contribution in [2.24, 2.45) is 0 Å². The van der Waals surface area contributed by atoms with Crippen molar-refractivity contribution >= 4 is 6.08 Å². The van der Waals surface area contributed by atoms with Crippen molar-refractivity contribution in [3.63, 3.8) is 0 Å². The van der Waals surface area contributed by atoms with Crippen molar-refractivity contribution in [2.45, 2.75) is 20.5 Å². The molecular formula is C22H19F2NO2. The lowest BCUT2D eigenvalue weighted by Crippen LogP contribution is -2.13. The Hall–Kier alpha value is -3.21. The minimum atomic E-state index is -0.692. The molecule has 0 unspecified atom stereocenters. The number of H-pyrrole nitrogens is 1. The number of halogens is 2. The fourth-order valence-corrected chi connectivity index (χ4v) is 2.86. The monoisotopic (exact) mass is 367 g/mol. The van der Waals surface area contributed by atoms with E-state index in [0.717, 1.165) is 17.2 Å². The van der Waals surface area contributed by atoms with E-state index >= 15 is 0 Å². The number of hydrogen-bond donors (Lipinski definition) is 1. The largest absolute Gasteiger partial charge is 0.488 e. The highest BCUT2D eigenvalue weighted by Crippen LogP contribution is 2.31. The van der Waals surface area contributed by atoms with Crippen LogP contribution < -0.4 is 10.3 Å². The Balaban J connectivity index is 2.06. The van der Waals surface area contributed by atoms with Gasteiger partial charge < -0.3 is 9.72 Å². The highest BCUT2D eigenvalue weighted by molar-refractivity contribution is 5.75. The molecule has 138 valence electrons. The zero-order valence-corrected chi connectivity index (χ0v) is 15.1. The Morgan fingerprint density at radius 1 is 1.11 bits per heavy atom. The predicted molar refractivity (Wildman–Crippen MR) is 103 cm³/mol. The third kappa shape index (κ3) is 3.97. The standard InChI is InChI=1S/C22H19F2NO2/c1-4-15-6-5-13(2)18(10-15)21-20(9-14(3)25-22(21)26)27-12-16-7-8-17(23)11-19(16)24/h4-11H,1,12H2,2-3H3,(H,25,26). The normalized spacial score (nSPS) is 10.7. The Morgan fingerprint density at radius 3 is 2.59 bits per heavy atom. The van der Waals surface area contributed by atoms with Gasteiger partial charge in [-0.1, -0.05) is 24.8 Å². The first-order valence-corrected chi connectivity index (χ1v) is 8.43. The number of pyridine rings is 1. The van der Waals surface area contributed by atoms with Gasteiger partial charge in [0.1, 0.15) is 24.0 Å². The maximum Gasteiger partial charge on any atom is 0.259 e. The molecule has 0 atom stereocenters. The summed E-state index contributed by atoms with van der Waals surface area (Å²) in [5, 5.41) is 0. The minimum Gasteiger partial charge on any atom is -0.488 e. The van der Waals surface area contributed by atoms with Gasteiger partial charge in [0.15, 0.2) is 0 Å². The second kappa shape index (κ2) is 7.58. The summed E-state index contributed by atoms with van der Waals surface area (Å²) in [6.07, 6.45) is 1.69. The van der Waals surface area contributed by atoms with Crippen LogP contribution in [-0.2, 0) is 6.61 Å². The van der Waals surface area contributed by atoms with Crippen LogP contribution >= 0.6 is 0 Å². The van der Waals surface area contributed by atoms with E-state index in [0.29, 0.717) is 22.6 Å². The molecule has 0 aliphatic rings.